The summed E-state index contributed by atoms with van der Waals surface area (Å²) < 4.78 is 5.48. The number of ether oxygens (including phenoxy) is 1. The number of piperazine rings is 1. The van der Waals surface area contributed by atoms with E-state index < -0.39 is 11.7 Å². The minimum Gasteiger partial charge on any atom is -0.444 e. The zero-order valence-electron chi connectivity index (χ0n) is 27.3. The number of fused-ring (bicyclic) bond motifs is 1. The quantitative estimate of drug-likeness (QED) is 0.353. The van der Waals surface area contributed by atoms with E-state index in [0.29, 0.717) is 29.7 Å². The smallest absolute Gasteiger partial charge is 0.410 e. The highest BCUT2D eigenvalue weighted by atomic mass is 35.5. The molecule has 3 aliphatic heterocycles. The minimum absolute atomic E-state index is 0.00560. The second-order valence-electron chi connectivity index (χ2n) is 14.0. The van der Waals surface area contributed by atoms with E-state index in [0.717, 1.165) is 61.1 Å². The molecule has 0 aromatic heterocycles. The lowest BCUT2D eigenvalue weighted by molar-refractivity contribution is -0.140. The highest BCUT2D eigenvalue weighted by molar-refractivity contribution is 6.30. The fraction of sp³-hybridized carbons (Fsp3) is 0.500. The topological polar surface area (TPSA) is 85.8 Å². The number of allylic oxidation sites excluding steroid dienone is 1. The highest BCUT2D eigenvalue weighted by Crippen LogP contribution is 2.44. The summed E-state index contributed by atoms with van der Waals surface area (Å²) in [5.74, 6) is -0.0575. The molecule has 3 amide bonds. The van der Waals surface area contributed by atoms with Crippen molar-refractivity contribution in [3.05, 3.63) is 75.3 Å². The Balaban J connectivity index is 1.17. The number of nitrogens with zero attached hydrogens (tertiary/aromatic N) is 5. The number of halogens is 2. The van der Waals surface area contributed by atoms with E-state index in [2.05, 4.69) is 11.0 Å². The first-order chi connectivity index (χ1) is 22.4. The molecule has 0 spiro atoms. The maximum absolute atomic E-state index is 14.2. The first kappa shape index (κ1) is 33.5. The molecule has 2 saturated heterocycles. The molecule has 2 aromatic carbocycles. The van der Waals surface area contributed by atoms with Crippen molar-refractivity contribution in [3.63, 3.8) is 0 Å². The van der Waals surface area contributed by atoms with Gasteiger partial charge >= 0.3 is 6.09 Å². The fourth-order valence-corrected chi connectivity index (χ4v) is 7.46. The summed E-state index contributed by atoms with van der Waals surface area (Å²) in [6.07, 6.45) is 6.30. The van der Waals surface area contributed by atoms with Crippen molar-refractivity contribution in [3.8, 4) is 0 Å². The first-order valence-corrected chi connectivity index (χ1v) is 17.3. The Labute approximate surface area is 287 Å². The number of piperidine rings is 1. The van der Waals surface area contributed by atoms with Crippen LogP contribution in [-0.4, -0.2) is 94.2 Å². The van der Waals surface area contributed by atoms with E-state index in [1.54, 1.807) is 5.01 Å². The molecule has 3 fully saturated rings. The predicted molar refractivity (Wildman–Crippen MR) is 184 cm³/mol. The predicted octanol–water partition coefficient (Wildman–Crippen LogP) is 6.66. The maximum atomic E-state index is 14.2. The van der Waals surface area contributed by atoms with E-state index >= 15 is 0 Å². The molecule has 11 heteroatoms. The van der Waals surface area contributed by atoms with Crippen LogP contribution in [0.2, 0.25) is 10.0 Å². The average molecular weight is 681 g/mol. The molecule has 0 bridgehead atoms. The van der Waals surface area contributed by atoms with Gasteiger partial charge < -0.3 is 9.64 Å². The van der Waals surface area contributed by atoms with E-state index in [4.69, 9.17) is 33.0 Å². The molecule has 4 aliphatic rings. The summed E-state index contributed by atoms with van der Waals surface area (Å²) in [5, 5.41) is 8.11. The Morgan fingerprint density at radius 2 is 1.66 bits per heavy atom. The Morgan fingerprint density at radius 1 is 0.957 bits per heavy atom. The number of hydrogen-bond donors (Lipinski definition) is 0. The van der Waals surface area contributed by atoms with Crippen LogP contribution in [0.25, 0.3) is 6.08 Å². The van der Waals surface area contributed by atoms with E-state index in [9.17, 15) is 14.4 Å². The van der Waals surface area contributed by atoms with Crippen LogP contribution in [0.4, 0.5) is 4.79 Å². The molecule has 0 radical (unpaired) electrons. The van der Waals surface area contributed by atoms with E-state index in [1.807, 2.05) is 74.2 Å². The molecule has 3 unspecified atom stereocenters. The number of amides is 3. The Morgan fingerprint density at radius 3 is 2.34 bits per heavy atom. The van der Waals surface area contributed by atoms with Gasteiger partial charge in [-0.2, -0.15) is 5.10 Å². The minimum atomic E-state index is -0.618. The lowest BCUT2D eigenvalue weighted by Crippen LogP contribution is -2.59. The summed E-state index contributed by atoms with van der Waals surface area (Å²) in [7, 11) is 0. The molecule has 250 valence electrons. The van der Waals surface area contributed by atoms with Crippen LogP contribution >= 0.6 is 23.2 Å². The summed E-state index contributed by atoms with van der Waals surface area (Å²) in [6, 6.07) is 15.3. The molecular formula is C36H43Cl2N5O4. The van der Waals surface area contributed by atoms with Gasteiger partial charge in [0.1, 0.15) is 12.1 Å². The second-order valence-corrected chi connectivity index (χ2v) is 14.8. The molecule has 0 N–H and O–H groups in total. The molecule has 9 nitrogen and oxygen atoms in total. The number of carbonyl (C=O) groups is 3. The monoisotopic (exact) mass is 679 g/mol. The van der Waals surface area contributed by atoms with Crippen molar-refractivity contribution in [2.24, 2.45) is 11.0 Å². The van der Waals surface area contributed by atoms with Crippen molar-refractivity contribution in [2.45, 2.75) is 70.6 Å². The number of likely N-dealkylation sites (tertiary alicyclic amines) is 1. The largest absolute Gasteiger partial charge is 0.444 e. The zero-order valence-corrected chi connectivity index (χ0v) is 28.8. The Hall–Kier alpha value is -3.40. The van der Waals surface area contributed by atoms with Gasteiger partial charge in [-0.25, -0.2) is 9.80 Å². The molecule has 3 heterocycles. The fourth-order valence-electron chi connectivity index (χ4n) is 7.21. The number of hydrogen-bond acceptors (Lipinski definition) is 6. The van der Waals surface area contributed by atoms with Crippen LogP contribution < -0.4 is 0 Å². The van der Waals surface area contributed by atoms with Crippen LogP contribution in [0.1, 0.15) is 70.0 Å². The van der Waals surface area contributed by atoms with Crippen molar-refractivity contribution in [1.82, 2.24) is 19.7 Å². The summed E-state index contributed by atoms with van der Waals surface area (Å²) >= 11 is 12.4. The number of benzene rings is 2. The van der Waals surface area contributed by atoms with Gasteiger partial charge in [-0.1, -0.05) is 47.5 Å². The molecule has 1 saturated carbocycles. The van der Waals surface area contributed by atoms with E-state index in [1.165, 1.54) is 4.90 Å². The van der Waals surface area contributed by atoms with Crippen LogP contribution in [-0.2, 0) is 14.3 Å². The highest BCUT2D eigenvalue weighted by Gasteiger charge is 2.44. The lowest BCUT2D eigenvalue weighted by Gasteiger charge is -2.43. The van der Waals surface area contributed by atoms with Gasteiger partial charge in [-0.15, -0.1) is 0 Å². The Bertz CT molecular complexity index is 1550. The van der Waals surface area contributed by atoms with Gasteiger partial charge in [0, 0.05) is 41.6 Å². The van der Waals surface area contributed by atoms with Crippen molar-refractivity contribution in [1.29, 1.82) is 0 Å². The molecule has 3 atom stereocenters. The number of rotatable bonds is 5. The van der Waals surface area contributed by atoms with Gasteiger partial charge in [-0.3, -0.25) is 19.4 Å². The SMILES string of the molecule is CC(C)(C)OC(=O)N1CCN(C2CCCN(CC(=O)N3N=C4/C(=C\c5ccc(Cl)cc5)CCCC4C3c3ccc(Cl)cc3)C2)C(=O)C1. The van der Waals surface area contributed by atoms with Crippen LogP contribution in [0.5, 0.6) is 0 Å². The van der Waals surface area contributed by atoms with Crippen LogP contribution in [0.15, 0.2) is 59.2 Å². The van der Waals surface area contributed by atoms with Gasteiger partial charge in [0.05, 0.1) is 18.3 Å². The maximum Gasteiger partial charge on any atom is 0.410 e. The molecule has 1 aliphatic carbocycles. The standard InChI is InChI=1S/C36H43Cl2N5O4/c1-36(2,3)47-35(46)41-18-19-42(31(44)23-41)29-7-5-17-40(21-29)22-32(45)43-34(25-11-15-28(38)16-12-25)30-8-4-6-26(33(30)39-43)20-24-9-13-27(37)14-10-24/h9-16,20,29-30,34H,4-8,17-19,21-23H2,1-3H3/b26-20-. The zero-order chi connectivity index (χ0) is 33.3. The summed E-state index contributed by atoms with van der Waals surface area (Å²) in [5.41, 5.74) is 3.59. The molecular weight excluding hydrogens is 637 g/mol. The normalized spacial score (nSPS) is 24.7. The molecule has 47 heavy (non-hydrogen) atoms. The van der Waals surface area contributed by atoms with Crippen LogP contribution in [0.3, 0.4) is 0 Å². The Kier molecular flexibility index (Phi) is 9.97. The van der Waals surface area contributed by atoms with E-state index in [-0.39, 0.29) is 42.9 Å². The second kappa shape index (κ2) is 14.0. The number of carbonyl (C=O) groups excluding carboxylic acids is 3. The summed E-state index contributed by atoms with van der Waals surface area (Å²) in [6.45, 7) is 7.93. The van der Waals surface area contributed by atoms with Crippen molar-refractivity contribution < 1.29 is 19.1 Å². The lowest BCUT2D eigenvalue weighted by atomic mass is 9.77. The van der Waals surface area contributed by atoms with Gasteiger partial charge in [-0.05, 0) is 106 Å². The third-order valence-electron chi connectivity index (χ3n) is 9.37. The van der Waals surface area contributed by atoms with Crippen LogP contribution in [0, 0.1) is 5.92 Å². The van der Waals surface area contributed by atoms with Crippen molar-refractivity contribution in [2.75, 3.05) is 39.3 Å². The molecule has 2 aromatic rings. The van der Waals surface area contributed by atoms with Gasteiger partial charge in [0.25, 0.3) is 5.91 Å². The third-order valence-corrected chi connectivity index (χ3v) is 9.87. The average Bonchev–Trinajstić information content (AvgIpc) is 3.43. The summed E-state index contributed by atoms with van der Waals surface area (Å²) in [4.78, 5) is 45.4. The van der Waals surface area contributed by atoms with Gasteiger partial charge in [0.2, 0.25) is 5.91 Å². The third kappa shape index (κ3) is 7.85. The van der Waals surface area contributed by atoms with Crippen molar-refractivity contribution >= 4 is 52.9 Å². The molecule has 6 rings (SSSR count). The number of hydrazone groups is 1. The van der Waals surface area contributed by atoms with Gasteiger partial charge in [0.15, 0.2) is 0 Å². The first-order valence-electron chi connectivity index (χ1n) is 16.6.